The predicted molar refractivity (Wildman–Crippen MR) is 43.5 cm³/mol. The number of aromatic nitrogens is 2. The quantitative estimate of drug-likeness (QED) is 0.621. The number of alkyl halides is 5. The molecule has 0 saturated carbocycles. The van der Waals surface area contributed by atoms with Crippen LogP contribution in [0.25, 0.3) is 0 Å². The first kappa shape index (κ1) is 12.9. The number of rotatable bonds is 3. The Labute approximate surface area is 91.2 Å². The smallest absolute Gasteiger partial charge is 0.433 e. The van der Waals surface area contributed by atoms with Crippen LogP contribution < -0.4 is 4.74 Å². The van der Waals surface area contributed by atoms with E-state index >= 15 is 0 Å². The van der Waals surface area contributed by atoms with Gasteiger partial charge in [-0.15, -0.1) is 0 Å². The summed E-state index contributed by atoms with van der Waals surface area (Å²) in [5.74, 6) is -0.646. The number of ether oxygens (including phenoxy) is 1. The third-order valence-corrected chi connectivity index (χ3v) is 1.49. The number of halogens is 6. The minimum Gasteiger partial charge on any atom is -0.471 e. The van der Waals surface area contributed by atoms with E-state index < -0.39 is 36.1 Å². The summed E-state index contributed by atoms with van der Waals surface area (Å²) in [6.45, 7) is -1.06. The molecule has 1 rings (SSSR count). The number of nitrogens with zero attached hydrogens (tertiary/aromatic N) is 2. The monoisotopic (exact) mass is 262 g/mol. The molecule has 0 aliphatic carbocycles. The summed E-state index contributed by atoms with van der Waals surface area (Å²) in [5, 5.41) is -0.723. The molecule has 90 valence electrons. The Kier molecular flexibility index (Phi) is 3.84. The summed E-state index contributed by atoms with van der Waals surface area (Å²) in [4.78, 5) is 6.11. The van der Waals surface area contributed by atoms with E-state index in [1.165, 1.54) is 0 Å². The molecule has 0 unspecified atom stereocenters. The largest absolute Gasteiger partial charge is 0.471 e. The molecule has 0 bridgehead atoms. The molecule has 0 fully saturated rings. The van der Waals surface area contributed by atoms with Crippen molar-refractivity contribution in [2.24, 2.45) is 0 Å². The van der Waals surface area contributed by atoms with Crippen molar-refractivity contribution < 1.29 is 26.7 Å². The molecule has 1 aromatic heterocycles. The lowest BCUT2D eigenvalue weighted by molar-refractivity contribution is -0.141. The van der Waals surface area contributed by atoms with Crippen molar-refractivity contribution >= 4 is 11.6 Å². The Morgan fingerprint density at radius 1 is 1.31 bits per heavy atom. The molecule has 0 spiro atoms. The molecule has 0 radical (unpaired) electrons. The standard InChI is InChI=1S/C7H4ClF5N2O/c8-6-14-3(7(11,12)13)1-5(15-6)16-2-4(9)10/h1,4H,2H2. The molecule has 0 amide bonds. The minimum absolute atomic E-state index is 0.397. The highest BCUT2D eigenvalue weighted by atomic mass is 35.5. The number of hydrogen-bond donors (Lipinski definition) is 0. The van der Waals surface area contributed by atoms with E-state index in [1.807, 2.05) is 0 Å². The van der Waals surface area contributed by atoms with Gasteiger partial charge in [0.1, 0.15) is 0 Å². The average molecular weight is 263 g/mol. The van der Waals surface area contributed by atoms with E-state index in [0.29, 0.717) is 6.07 Å². The van der Waals surface area contributed by atoms with E-state index in [4.69, 9.17) is 11.6 Å². The van der Waals surface area contributed by atoms with Crippen LogP contribution in [0.15, 0.2) is 6.07 Å². The highest BCUT2D eigenvalue weighted by Gasteiger charge is 2.33. The molecule has 0 aliphatic heterocycles. The van der Waals surface area contributed by atoms with Gasteiger partial charge in [-0.3, -0.25) is 0 Å². The van der Waals surface area contributed by atoms with Gasteiger partial charge in [0.05, 0.1) is 0 Å². The lowest BCUT2D eigenvalue weighted by Crippen LogP contribution is -2.12. The zero-order valence-corrected chi connectivity index (χ0v) is 8.19. The van der Waals surface area contributed by atoms with Crippen molar-refractivity contribution in [3.63, 3.8) is 0 Å². The highest BCUT2D eigenvalue weighted by molar-refractivity contribution is 6.28. The van der Waals surface area contributed by atoms with E-state index in [-0.39, 0.29) is 0 Å². The average Bonchev–Trinajstić information content (AvgIpc) is 2.12. The minimum atomic E-state index is -4.74. The summed E-state index contributed by atoms with van der Waals surface area (Å²) in [7, 11) is 0. The highest BCUT2D eigenvalue weighted by Crippen LogP contribution is 2.30. The maximum absolute atomic E-state index is 12.2. The van der Waals surface area contributed by atoms with E-state index in [2.05, 4.69) is 14.7 Å². The molecule has 0 aromatic carbocycles. The van der Waals surface area contributed by atoms with Gasteiger partial charge in [-0.05, 0) is 11.6 Å². The Morgan fingerprint density at radius 3 is 2.44 bits per heavy atom. The predicted octanol–water partition coefficient (Wildman–Crippen LogP) is 2.79. The molecule has 0 atom stereocenters. The molecular weight excluding hydrogens is 259 g/mol. The fraction of sp³-hybridized carbons (Fsp3) is 0.429. The van der Waals surface area contributed by atoms with Crippen LogP contribution in [0, 0.1) is 0 Å². The van der Waals surface area contributed by atoms with Crippen LogP contribution in [0.4, 0.5) is 22.0 Å². The normalized spacial score (nSPS) is 11.9. The van der Waals surface area contributed by atoms with Crippen LogP contribution in [0.2, 0.25) is 5.28 Å². The topological polar surface area (TPSA) is 35.0 Å². The van der Waals surface area contributed by atoms with Gasteiger partial charge in [0.2, 0.25) is 11.2 Å². The third kappa shape index (κ3) is 3.76. The molecule has 0 saturated heterocycles. The van der Waals surface area contributed by atoms with Gasteiger partial charge in [0.15, 0.2) is 12.3 Å². The summed E-state index contributed by atoms with van der Waals surface area (Å²) >= 11 is 5.18. The van der Waals surface area contributed by atoms with Crippen molar-refractivity contribution in [1.82, 2.24) is 9.97 Å². The second kappa shape index (κ2) is 4.77. The molecular formula is C7H4ClF5N2O. The molecule has 0 aliphatic rings. The van der Waals surface area contributed by atoms with Gasteiger partial charge in [-0.1, -0.05) is 0 Å². The molecule has 1 aromatic rings. The molecule has 9 heteroatoms. The van der Waals surface area contributed by atoms with Crippen molar-refractivity contribution in [2.75, 3.05) is 6.61 Å². The van der Waals surface area contributed by atoms with Crippen molar-refractivity contribution in [3.8, 4) is 5.88 Å². The number of hydrogen-bond acceptors (Lipinski definition) is 3. The van der Waals surface area contributed by atoms with Crippen molar-refractivity contribution in [1.29, 1.82) is 0 Å². The van der Waals surface area contributed by atoms with E-state index in [9.17, 15) is 22.0 Å². The van der Waals surface area contributed by atoms with Crippen LogP contribution in [0.3, 0.4) is 0 Å². The van der Waals surface area contributed by atoms with E-state index in [0.717, 1.165) is 0 Å². The van der Waals surface area contributed by atoms with Crippen molar-refractivity contribution in [2.45, 2.75) is 12.6 Å². The fourth-order valence-corrected chi connectivity index (χ4v) is 0.939. The van der Waals surface area contributed by atoms with Crippen molar-refractivity contribution in [3.05, 3.63) is 17.0 Å². The first-order valence-corrected chi connectivity index (χ1v) is 4.19. The molecule has 3 nitrogen and oxygen atoms in total. The second-order valence-electron chi connectivity index (χ2n) is 2.56. The third-order valence-electron chi connectivity index (χ3n) is 1.32. The lowest BCUT2D eigenvalue weighted by atomic mass is 10.4. The summed E-state index contributed by atoms with van der Waals surface area (Å²) < 4.78 is 64.3. The van der Waals surface area contributed by atoms with E-state index in [1.54, 1.807) is 0 Å². The SMILES string of the molecule is FC(F)COc1cc(C(F)(F)F)nc(Cl)n1. The first-order chi connectivity index (χ1) is 7.29. The van der Waals surface area contributed by atoms with Crippen LogP contribution in [0.1, 0.15) is 5.69 Å². The Hall–Kier alpha value is -1.18. The van der Waals surface area contributed by atoms with Crippen LogP contribution >= 0.6 is 11.6 Å². The van der Waals surface area contributed by atoms with Gasteiger partial charge in [-0.2, -0.15) is 18.2 Å². The zero-order valence-electron chi connectivity index (χ0n) is 7.43. The van der Waals surface area contributed by atoms with Gasteiger partial charge in [-0.25, -0.2) is 13.8 Å². The summed E-state index contributed by atoms with van der Waals surface area (Å²) in [5.41, 5.74) is -1.35. The molecule has 1 heterocycles. The molecule has 16 heavy (non-hydrogen) atoms. The Bertz CT molecular complexity index is 370. The maximum atomic E-state index is 12.2. The summed E-state index contributed by atoms with van der Waals surface area (Å²) in [6, 6.07) is 0.397. The Morgan fingerprint density at radius 2 is 1.94 bits per heavy atom. The molecule has 0 N–H and O–H groups in total. The fourth-order valence-electron chi connectivity index (χ4n) is 0.764. The van der Waals surface area contributed by atoms with Crippen LogP contribution in [-0.4, -0.2) is 23.0 Å². The van der Waals surface area contributed by atoms with Gasteiger partial charge < -0.3 is 4.74 Å². The lowest BCUT2D eigenvalue weighted by Gasteiger charge is -2.08. The Balaban J connectivity index is 2.90. The summed E-state index contributed by atoms with van der Waals surface area (Å²) in [6.07, 6.45) is -7.56. The zero-order chi connectivity index (χ0) is 12.3. The van der Waals surface area contributed by atoms with Crippen LogP contribution in [0.5, 0.6) is 5.88 Å². The first-order valence-electron chi connectivity index (χ1n) is 3.82. The van der Waals surface area contributed by atoms with Gasteiger partial charge >= 0.3 is 6.18 Å². The second-order valence-corrected chi connectivity index (χ2v) is 2.90. The maximum Gasteiger partial charge on any atom is 0.433 e. The van der Waals surface area contributed by atoms with Crippen LogP contribution in [-0.2, 0) is 6.18 Å². The van der Waals surface area contributed by atoms with Gasteiger partial charge in [0.25, 0.3) is 6.43 Å². The van der Waals surface area contributed by atoms with Gasteiger partial charge in [0, 0.05) is 6.07 Å².